The minimum absolute atomic E-state index is 0.0954. The molecule has 0 unspecified atom stereocenters. The molecular weight excluding hydrogens is 340 g/mol. The second-order valence-electron chi connectivity index (χ2n) is 5.59. The van der Waals surface area contributed by atoms with Gasteiger partial charge in [-0.15, -0.1) is 0 Å². The first kappa shape index (κ1) is 18.8. The summed E-state index contributed by atoms with van der Waals surface area (Å²) in [6.07, 6.45) is 0.862. The topological polar surface area (TPSA) is 75.7 Å². The summed E-state index contributed by atoms with van der Waals surface area (Å²) >= 11 is 0. The highest BCUT2D eigenvalue weighted by atomic mass is 32.2. The van der Waals surface area contributed by atoms with E-state index in [2.05, 4.69) is 4.72 Å². The average Bonchev–Trinajstić information content (AvgIpc) is 2.61. The molecule has 134 valence electrons. The van der Waals surface area contributed by atoms with Crippen LogP contribution in [0.15, 0.2) is 53.4 Å². The second-order valence-corrected chi connectivity index (χ2v) is 7.27. The number of hydrogen-bond acceptors (Lipinski definition) is 4. The molecule has 1 N–H and O–H groups in total. The third kappa shape index (κ3) is 4.73. The van der Waals surface area contributed by atoms with Crippen molar-refractivity contribution in [2.75, 3.05) is 25.4 Å². The van der Waals surface area contributed by atoms with Crippen LogP contribution in [-0.4, -0.2) is 39.9 Å². The van der Waals surface area contributed by atoms with Gasteiger partial charge >= 0.3 is 0 Å². The number of carbonyl (C=O) groups excluding carboxylic acids is 1. The molecule has 0 aliphatic carbocycles. The Balaban J connectivity index is 2.15. The Bertz CT molecular complexity index is 815. The molecule has 0 saturated heterocycles. The molecule has 0 radical (unpaired) electrons. The number of ether oxygens (including phenoxy) is 1. The van der Waals surface area contributed by atoms with Crippen LogP contribution >= 0.6 is 0 Å². The van der Waals surface area contributed by atoms with Gasteiger partial charge in [-0.2, -0.15) is 0 Å². The summed E-state index contributed by atoms with van der Waals surface area (Å²) in [5.41, 5.74) is 0.892. The Morgan fingerprint density at radius 1 is 1.08 bits per heavy atom. The predicted octanol–water partition coefficient (Wildman–Crippen LogP) is 2.98. The number of nitrogens with one attached hydrogen (secondary N) is 1. The van der Waals surface area contributed by atoms with E-state index in [1.807, 2.05) is 6.92 Å². The maximum atomic E-state index is 12.4. The fraction of sp³-hybridized carbons (Fsp3) is 0.278. The number of amides is 1. The lowest BCUT2D eigenvalue weighted by atomic mass is 10.2. The Kier molecular flexibility index (Phi) is 6.03. The van der Waals surface area contributed by atoms with E-state index in [-0.39, 0.29) is 10.8 Å². The molecule has 0 saturated carbocycles. The van der Waals surface area contributed by atoms with Crippen LogP contribution in [0.25, 0.3) is 0 Å². The summed E-state index contributed by atoms with van der Waals surface area (Å²) in [6, 6.07) is 12.5. The lowest BCUT2D eigenvalue weighted by Crippen LogP contribution is -2.27. The van der Waals surface area contributed by atoms with Gasteiger partial charge in [0.25, 0.3) is 15.9 Å². The molecule has 1 amide bonds. The molecule has 25 heavy (non-hydrogen) atoms. The van der Waals surface area contributed by atoms with Crippen molar-refractivity contribution >= 4 is 21.6 Å². The van der Waals surface area contributed by atoms with Crippen molar-refractivity contribution in [3.8, 4) is 5.75 Å². The van der Waals surface area contributed by atoms with Crippen molar-refractivity contribution < 1.29 is 17.9 Å². The zero-order chi connectivity index (χ0) is 18.4. The van der Waals surface area contributed by atoms with E-state index in [4.69, 9.17) is 4.74 Å². The maximum absolute atomic E-state index is 12.4. The quantitative estimate of drug-likeness (QED) is 0.822. The second kappa shape index (κ2) is 8.02. The van der Waals surface area contributed by atoms with E-state index in [1.165, 1.54) is 24.3 Å². The molecule has 0 heterocycles. The lowest BCUT2D eigenvalue weighted by molar-refractivity contribution is 0.0795. The minimum Gasteiger partial charge on any atom is -0.497 e. The normalized spacial score (nSPS) is 11.0. The number of sulfonamides is 1. The molecule has 0 aromatic heterocycles. The number of carbonyl (C=O) groups is 1. The Morgan fingerprint density at radius 3 is 2.20 bits per heavy atom. The van der Waals surface area contributed by atoms with Crippen molar-refractivity contribution in [2.24, 2.45) is 0 Å². The van der Waals surface area contributed by atoms with Crippen LogP contribution in [0.5, 0.6) is 5.75 Å². The highest BCUT2D eigenvalue weighted by Gasteiger charge is 2.16. The number of anilines is 1. The molecule has 0 bridgehead atoms. The number of methoxy groups -OCH3 is 1. The lowest BCUT2D eigenvalue weighted by Gasteiger charge is -2.16. The number of nitrogens with zero attached hydrogens (tertiary/aromatic N) is 1. The van der Waals surface area contributed by atoms with Gasteiger partial charge in [0.15, 0.2) is 0 Å². The molecule has 2 rings (SSSR count). The van der Waals surface area contributed by atoms with Gasteiger partial charge in [0, 0.05) is 24.8 Å². The van der Waals surface area contributed by atoms with Gasteiger partial charge < -0.3 is 9.64 Å². The van der Waals surface area contributed by atoms with Gasteiger partial charge in [-0.1, -0.05) is 6.92 Å². The summed E-state index contributed by atoms with van der Waals surface area (Å²) in [5.74, 6) is 0.510. The van der Waals surface area contributed by atoms with Crippen LogP contribution in [0, 0.1) is 0 Å². The van der Waals surface area contributed by atoms with Crippen LogP contribution < -0.4 is 9.46 Å². The molecule has 0 atom stereocenters. The van der Waals surface area contributed by atoms with Crippen LogP contribution in [0.1, 0.15) is 23.7 Å². The van der Waals surface area contributed by atoms with Gasteiger partial charge in [-0.3, -0.25) is 9.52 Å². The third-order valence-electron chi connectivity index (χ3n) is 3.66. The number of hydrogen-bond donors (Lipinski definition) is 1. The molecule has 0 aliphatic rings. The van der Waals surface area contributed by atoms with E-state index in [1.54, 1.807) is 43.3 Å². The van der Waals surface area contributed by atoms with Crippen LogP contribution in [0.3, 0.4) is 0 Å². The summed E-state index contributed by atoms with van der Waals surface area (Å²) in [4.78, 5) is 13.9. The largest absolute Gasteiger partial charge is 0.497 e. The summed E-state index contributed by atoms with van der Waals surface area (Å²) in [5, 5.41) is 0. The van der Waals surface area contributed by atoms with E-state index in [0.29, 0.717) is 23.5 Å². The first-order chi connectivity index (χ1) is 11.9. The van der Waals surface area contributed by atoms with Crippen LogP contribution in [0.2, 0.25) is 0 Å². The Hall–Kier alpha value is -2.54. The molecule has 2 aromatic rings. The molecule has 0 spiro atoms. The standard InChI is InChI=1S/C18H22N2O4S/c1-4-13-20(2)18(21)14-5-11-17(12-6-14)25(22,23)19-15-7-9-16(24-3)10-8-15/h5-12,19H,4,13H2,1-3H3. The molecule has 0 fully saturated rings. The van der Waals surface area contributed by atoms with Gasteiger partial charge in [-0.25, -0.2) is 8.42 Å². The summed E-state index contributed by atoms with van der Waals surface area (Å²) in [6.45, 7) is 2.64. The predicted molar refractivity (Wildman–Crippen MR) is 97.5 cm³/mol. The molecule has 0 aliphatic heterocycles. The van der Waals surface area contributed by atoms with Crippen molar-refractivity contribution in [1.29, 1.82) is 0 Å². The van der Waals surface area contributed by atoms with Crippen molar-refractivity contribution in [2.45, 2.75) is 18.2 Å². The van der Waals surface area contributed by atoms with Crippen molar-refractivity contribution in [3.05, 3.63) is 54.1 Å². The SMILES string of the molecule is CCCN(C)C(=O)c1ccc(S(=O)(=O)Nc2ccc(OC)cc2)cc1. The molecule has 2 aromatic carbocycles. The fourth-order valence-electron chi connectivity index (χ4n) is 2.31. The van der Waals surface area contributed by atoms with E-state index in [0.717, 1.165) is 6.42 Å². The van der Waals surface area contributed by atoms with Crippen LogP contribution in [-0.2, 0) is 10.0 Å². The van der Waals surface area contributed by atoms with Gasteiger partial charge in [-0.05, 0) is 55.0 Å². The molecular formula is C18H22N2O4S. The van der Waals surface area contributed by atoms with Crippen molar-refractivity contribution in [1.82, 2.24) is 4.90 Å². The summed E-state index contributed by atoms with van der Waals surface area (Å²) in [7, 11) is -0.456. The fourth-order valence-corrected chi connectivity index (χ4v) is 3.37. The zero-order valence-corrected chi connectivity index (χ0v) is 15.3. The minimum atomic E-state index is -3.72. The molecule has 6 nitrogen and oxygen atoms in total. The third-order valence-corrected chi connectivity index (χ3v) is 5.06. The number of benzene rings is 2. The average molecular weight is 362 g/mol. The summed E-state index contributed by atoms with van der Waals surface area (Å²) < 4.78 is 32.4. The monoisotopic (exact) mass is 362 g/mol. The Morgan fingerprint density at radius 2 is 1.68 bits per heavy atom. The molecule has 7 heteroatoms. The Labute approximate surface area is 148 Å². The first-order valence-corrected chi connectivity index (χ1v) is 9.38. The van der Waals surface area contributed by atoms with Crippen LogP contribution in [0.4, 0.5) is 5.69 Å². The van der Waals surface area contributed by atoms with Gasteiger partial charge in [0.1, 0.15) is 5.75 Å². The zero-order valence-electron chi connectivity index (χ0n) is 14.5. The van der Waals surface area contributed by atoms with Crippen molar-refractivity contribution in [3.63, 3.8) is 0 Å². The maximum Gasteiger partial charge on any atom is 0.261 e. The highest BCUT2D eigenvalue weighted by molar-refractivity contribution is 7.92. The van der Waals surface area contributed by atoms with E-state index >= 15 is 0 Å². The van der Waals surface area contributed by atoms with E-state index < -0.39 is 10.0 Å². The number of rotatable bonds is 7. The first-order valence-electron chi connectivity index (χ1n) is 7.89. The smallest absolute Gasteiger partial charge is 0.261 e. The van der Waals surface area contributed by atoms with E-state index in [9.17, 15) is 13.2 Å². The van der Waals surface area contributed by atoms with Gasteiger partial charge in [0.2, 0.25) is 0 Å². The highest BCUT2D eigenvalue weighted by Crippen LogP contribution is 2.20. The van der Waals surface area contributed by atoms with Gasteiger partial charge in [0.05, 0.1) is 12.0 Å².